The number of hydrogen-bond acceptors (Lipinski definition) is 7. The fourth-order valence-electron chi connectivity index (χ4n) is 7.30. The van der Waals surface area contributed by atoms with Gasteiger partial charge in [-0.05, 0) is 95.9 Å². The number of allylic oxidation sites excluding steroid dienone is 1. The van der Waals surface area contributed by atoms with E-state index in [-0.39, 0.29) is 71.5 Å². The molecule has 232 valence electrons. The Morgan fingerprint density at radius 3 is 2.20 bits per heavy atom. The normalized spacial score (nSPS) is 27.8. The number of fused-ring (bicyclic) bond motifs is 2. The van der Waals surface area contributed by atoms with E-state index in [1.807, 2.05) is 73.7 Å². The molecule has 6 bridgehead atoms. The van der Waals surface area contributed by atoms with Crippen molar-refractivity contribution in [1.82, 2.24) is 0 Å². The van der Waals surface area contributed by atoms with Gasteiger partial charge in [0.15, 0.2) is 5.96 Å². The minimum atomic E-state index is -4.71. The van der Waals surface area contributed by atoms with E-state index in [0.29, 0.717) is 31.6 Å². The van der Waals surface area contributed by atoms with Crippen LogP contribution in [0, 0.1) is 11.8 Å². The molecule has 1 fully saturated rings. The van der Waals surface area contributed by atoms with Crippen LogP contribution in [0.1, 0.15) is 79.0 Å². The number of phenolic OH excluding ortho intramolecular Hbond substituents is 1. The van der Waals surface area contributed by atoms with Gasteiger partial charge < -0.3 is 30.6 Å². The zero-order valence-corrected chi connectivity index (χ0v) is 28.4. The molecule has 5 N–H and O–H groups in total. The topological polar surface area (TPSA) is 160 Å². The van der Waals surface area contributed by atoms with Gasteiger partial charge in [0.05, 0.1) is 15.4 Å². The summed E-state index contributed by atoms with van der Waals surface area (Å²) in [6.07, 6.45) is 3.12. The van der Waals surface area contributed by atoms with E-state index in [2.05, 4.69) is 4.99 Å². The summed E-state index contributed by atoms with van der Waals surface area (Å²) in [4.78, 5) is 4.32. The molecule has 1 saturated heterocycles. The van der Waals surface area contributed by atoms with E-state index < -0.39 is 27.5 Å². The minimum absolute atomic E-state index is 0. The predicted octanol–water partition coefficient (Wildman–Crippen LogP) is 2.37. The molecule has 0 aromatic heterocycles. The van der Waals surface area contributed by atoms with Crippen molar-refractivity contribution >= 4 is 16.1 Å². The maximum absolute atomic E-state index is 13.2. The summed E-state index contributed by atoms with van der Waals surface area (Å²) >= 11 is 0. The summed E-state index contributed by atoms with van der Waals surface area (Å²) in [5, 5.41) is 8.72. The number of rotatable bonds is 4. The predicted molar refractivity (Wildman–Crippen MR) is 167 cm³/mol. The molecule has 45 heavy (non-hydrogen) atoms. The van der Waals surface area contributed by atoms with Crippen molar-refractivity contribution in [3.63, 3.8) is 0 Å². The molecular weight excluding hydrogens is 601 g/mol. The van der Waals surface area contributed by atoms with Gasteiger partial charge in [-0.15, -0.1) is 0 Å². The van der Waals surface area contributed by atoms with Crippen LogP contribution in [0.4, 0.5) is 0 Å². The van der Waals surface area contributed by atoms with E-state index in [1.54, 1.807) is 12.1 Å². The molecule has 0 unspecified atom stereocenters. The first kappa shape index (κ1) is 33.5. The van der Waals surface area contributed by atoms with E-state index in [1.165, 1.54) is 0 Å². The van der Waals surface area contributed by atoms with Gasteiger partial charge in [-0.2, -0.15) is 0 Å². The van der Waals surface area contributed by atoms with Gasteiger partial charge in [-0.25, -0.2) is 13.4 Å². The molecule has 3 aromatic rings. The maximum atomic E-state index is 13.2. The van der Waals surface area contributed by atoms with Gasteiger partial charge in [0, 0.05) is 12.2 Å². The first-order valence-corrected chi connectivity index (χ1v) is 16.6. The van der Waals surface area contributed by atoms with Crippen molar-refractivity contribution in [1.29, 1.82) is 0 Å². The van der Waals surface area contributed by atoms with Gasteiger partial charge >= 0.3 is 29.6 Å². The van der Waals surface area contributed by atoms with Crippen LogP contribution in [0.3, 0.4) is 0 Å². The van der Waals surface area contributed by atoms with Crippen molar-refractivity contribution in [2.45, 2.75) is 62.0 Å². The number of aromatic hydroxyl groups is 1. The molecule has 7 atom stereocenters. The van der Waals surface area contributed by atoms with Crippen molar-refractivity contribution in [2.75, 3.05) is 6.61 Å². The standard InChI is InChI=1S/C34H39N3O6S.Na/c1-2-20-19-30(44(39,40)41)29-18-26-17-25(15-16-42-32(26)23-7-11-27(38)12-8-23)31(29)22-3-5-24(6-4-22)33(37-34(35)36)43-28-13-9-21(20)10-14-28;/h3-14,18,20,25,29-33,38H,2,15-17,19H2,1H3,(H4,35,36,37)(H,39,40,41);/q;+1/p-1/t20-,25+,29-,30+,31-,32-,33-;/m0./s1. The molecule has 9 nitrogen and oxygen atoms in total. The van der Waals surface area contributed by atoms with Crippen LogP contribution in [0.5, 0.6) is 11.5 Å². The number of nitrogens with two attached hydrogens (primary N) is 2. The molecule has 9 rings (SSSR count). The third-order valence-corrected chi connectivity index (χ3v) is 10.7. The molecule has 5 aliphatic heterocycles. The Labute approximate surface area is 286 Å². The van der Waals surface area contributed by atoms with Crippen molar-refractivity contribution in [3.8, 4) is 11.5 Å². The van der Waals surface area contributed by atoms with Crippen LogP contribution < -0.4 is 45.8 Å². The zero-order valence-electron chi connectivity index (χ0n) is 25.6. The fourth-order valence-corrected chi connectivity index (χ4v) is 8.40. The van der Waals surface area contributed by atoms with Gasteiger partial charge in [0.2, 0.25) is 6.23 Å². The zero-order chi connectivity index (χ0) is 31.0. The molecule has 1 aliphatic carbocycles. The third kappa shape index (κ3) is 7.26. The molecule has 11 heteroatoms. The van der Waals surface area contributed by atoms with Crippen molar-refractivity contribution in [2.24, 2.45) is 28.3 Å². The average Bonchev–Trinajstić information content (AvgIpc) is 3.16. The van der Waals surface area contributed by atoms with E-state index >= 15 is 0 Å². The molecular formula is C34H38N3NaO6S. The van der Waals surface area contributed by atoms with Crippen LogP contribution in [0.2, 0.25) is 0 Å². The number of hydrogen-bond donors (Lipinski definition) is 3. The Kier molecular flexibility index (Phi) is 10.3. The molecule has 5 heterocycles. The van der Waals surface area contributed by atoms with E-state index in [0.717, 1.165) is 27.8 Å². The quantitative estimate of drug-likeness (QED) is 0.129. The number of guanidine groups is 1. The summed E-state index contributed by atoms with van der Waals surface area (Å²) in [5.41, 5.74) is 16.0. The number of nitrogens with zero attached hydrogens (tertiary/aromatic N) is 1. The first-order valence-electron chi connectivity index (χ1n) is 15.1. The second kappa shape index (κ2) is 13.9. The number of phenols is 1. The van der Waals surface area contributed by atoms with Crippen LogP contribution in [0.15, 0.2) is 89.4 Å². The number of benzene rings is 3. The SMILES string of the molecule is CC[C@H]1C[C@@H](S(=O)(=O)[O-])[C@@H]2C=C3C[C@@H](CCO[C@H]3c3ccc(O)cc3)[C@@H]2c2ccc(cc2)[C@@H](N=C(N)N)Oc2ccc1cc2.[Na+]. The Balaban J connectivity index is 0.00000400. The maximum Gasteiger partial charge on any atom is 1.00 e. The van der Waals surface area contributed by atoms with Crippen LogP contribution in [-0.4, -0.2) is 35.9 Å². The largest absolute Gasteiger partial charge is 1.00 e. The Morgan fingerprint density at radius 1 is 0.956 bits per heavy atom. The number of aliphatic imine (C=N–C) groups is 1. The van der Waals surface area contributed by atoms with Gasteiger partial charge in [-0.1, -0.05) is 61.5 Å². The van der Waals surface area contributed by atoms with Crippen LogP contribution in [0.25, 0.3) is 0 Å². The summed E-state index contributed by atoms with van der Waals surface area (Å²) in [6, 6.07) is 22.1. The Hall–Kier alpha value is -2.86. The second-order valence-electron chi connectivity index (χ2n) is 12.1. The molecule has 0 radical (unpaired) electrons. The fraction of sp³-hybridized carbons (Fsp3) is 0.382. The Morgan fingerprint density at radius 2 is 1.58 bits per heavy atom. The minimum Gasteiger partial charge on any atom is -0.748 e. The third-order valence-electron chi connectivity index (χ3n) is 9.41. The van der Waals surface area contributed by atoms with Gasteiger partial charge in [0.1, 0.15) is 17.6 Å². The first-order chi connectivity index (χ1) is 21.1. The smallest absolute Gasteiger partial charge is 0.748 e. The molecule has 0 saturated carbocycles. The second-order valence-corrected chi connectivity index (χ2v) is 13.7. The van der Waals surface area contributed by atoms with Gasteiger partial charge in [-0.3, -0.25) is 0 Å². The van der Waals surface area contributed by atoms with Gasteiger partial charge in [0.25, 0.3) is 0 Å². The summed E-state index contributed by atoms with van der Waals surface area (Å²) < 4.78 is 52.3. The van der Waals surface area contributed by atoms with Crippen LogP contribution >= 0.6 is 0 Å². The average molecular weight is 640 g/mol. The molecule has 0 spiro atoms. The summed E-state index contributed by atoms with van der Waals surface area (Å²) in [5.74, 6) is -0.282. The van der Waals surface area contributed by atoms with Crippen LogP contribution in [-0.2, 0) is 14.9 Å². The van der Waals surface area contributed by atoms with Crippen molar-refractivity contribution < 1.29 is 57.1 Å². The monoisotopic (exact) mass is 639 g/mol. The van der Waals surface area contributed by atoms with E-state index in [9.17, 15) is 18.1 Å². The number of ether oxygens (including phenoxy) is 2. The molecule has 3 aromatic carbocycles. The molecule has 6 aliphatic rings. The van der Waals surface area contributed by atoms with Crippen molar-refractivity contribution in [3.05, 3.63) is 107 Å². The Bertz CT molecular complexity index is 1640. The summed E-state index contributed by atoms with van der Waals surface area (Å²) in [6.45, 7) is 2.49. The summed E-state index contributed by atoms with van der Waals surface area (Å²) in [7, 11) is -4.71. The molecule has 0 amide bonds. The van der Waals surface area contributed by atoms with E-state index in [4.69, 9.17) is 20.9 Å².